The minimum atomic E-state index is -0.501. The monoisotopic (exact) mass is 476 g/mol. The molecule has 1 aliphatic heterocycles. The van der Waals surface area contributed by atoms with E-state index in [4.69, 9.17) is 14.2 Å². The summed E-state index contributed by atoms with van der Waals surface area (Å²) >= 11 is 0. The Kier molecular flexibility index (Phi) is 6.61. The lowest BCUT2D eigenvalue weighted by atomic mass is 9.37. The molecule has 8 atom stereocenters. The third kappa shape index (κ3) is 3.97. The zero-order valence-electron chi connectivity index (χ0n) is 22.1. The van der Waals surface area contributed by atoms with Gasteiger partial charge in [0.2, 0.25) is 0 Å². The Morgan fingerprint density at radius 3 is 2.41 bits per heavy atom. The predicted molar refractivity (Wildman–Crippen MR) is 128 cm³/mol. The molecule has 0 bridgehead atoms. The zero-order chi connectivity index (χ0) is 25.1. The highest BCUT2D eigenvalue weighted by atomic mass is 16.6. The summed E-state index contributed by atoms with van der Waals surface area (Å²) in [5.41, 5.74) is -0.485. The maximum Gasteiger partial charge on any atom is 0.309 e. The summed E-state index contributed by atoms with van der Waals surface area (Å²) in [6.07, 6.45) is 4.58. The van der Waals surface area contributed by atoms with Crippen LogP contribution in [-0.4, -0.2) is 36.7 Å². The van der Waals surface area contributed by atoms with Crippen molar-refractivity contribution in [3.05, 3.63) is 0 Å². The average molecular weight is 477 g/mol. The number of fused-ring (bicyclic) bond motifs is 5. The van der Waals surface area contributed by atoms with Crippen LogP contribution >= 0.6 is 0 Å². The predicted octanol–water partition coefficient (Wildman–Crippen LogP) is 5.32. The number of carbonyl (C=O) groups excluding carboxylic acids is 3. The van der Waals surface area contributed by atoms with Gasteiger partial charge in [0.15, 0.2) is 0 Å². The van der Waals surface area contributed by atoms with Crippen molar-refractivity contribution >= 4 is 17.9 Å². The maximum atomic E-state index is 13.0. The van der Waals surface area contributed by atoms with E-state index in [1.165, 1.54) is 0 Å². The van der Waals surface area contributed by atoms with Gasteiger partial charge in [0, 0.05) is 30.1 Å². The minimum absolute atomic E-state index is 0.00132. The number of hydrogen-bond acceptors (Lipinski definition) is 6. The maximum absolute atomic E-state index is 13.0. The van der Waals surface area contributed by atoms with Gasteiger partial charge in [-0.05, 0) is 48.3 Å². The Hall–Kier alpha value is -1.59. The van der Waals surface area contributed by atoms with E-state index in [1.54, 1.807) is 0 Å². The Morgan fingerprint density at radius 2 is 1.76 bits per heavy atom. The highest BCUT2D eigenvalue weighted by Gasteiger charge is 2.71. The second kappa shape index (κ2) is 8.81. The average Bonchev–Trinajstić information content (AvgIpc) is 3.09. The van der Waals surface area contributed by atoms with Gasteiger partial charge in [-0.2, -0.15) is 0 Å². The number of hydrogen-bond donors (Lipinski definition) is 0. The van der Waals surface area contributed by atoms with Gasteiger partial charge in [0.1, 0.15) is 12.2 Å². The number of carbonyl (C=O) groups is 3. The molecule has 0 N–H and O–H groups in total. The number of cyclic esters (lactones) is 1. The molecule has 6 heteroatoms. The molecule has 8 unspecified atom stereocenters. The standard InChI is InChI=1S/C28H44O6/c1-8-22(29)33-19-13-17-18(15-32-25(17)31)28(7)21(34-23(30)12-16(2)3)14-20-26(4,5)10-9-11-27(20,6)24(19)28/h16-21,24H,8-15H2,1-7H3. The van der Waals surface area contributed by atoms with Crippen molar-refractivity contribution in [3.63, 3.8) is 0 Å². The first-order valence-electron chi connectivity index (χ1n) is 13.4. The fourth-order valence-electron chi connectivity index (χ4n) is 8.70. The topological polar surface area (TPSA) is 78.9 Å². The molecule has 4 fully saturated rings. The normalized spacial score (nSPS) is 42.8. The molecule has 1 heterocycles. The highest BCUT2D eigenvalue weighted by molar-refractivity contribution is 5.76. The van der Waals surface area contributed by atoms with Crippen LogP contribution in [0.15, 0.2) is 0 Å². The van der Waals surface area contributed by atoms with Crippen molar-refractivity contribution in [1.82, 2.24) is 0 Å². The SMILES string of the molecule is CCC(=O)OC1CC2C(=O)OCC2C2(C)C(OC(=O)CC(C)C)CC3C(C)(C)CCCC3(C)C12. The van der Waals surface area contributed by atoms with Crippen molar-refractivity contribution in [2.75, 3.05) is 6.61 Å². The molecule has 4 aliphatic rings. The number of ether oxygens (including phenoxy) is 3. The Morgan fingerprint density at radius 1 is 1.06 bits per heavy atom. The molecule has 0 amide bonds. The van der Waals surface area contributed by atoms with Gasteiger partial charge in [-0.25, -0.2) is 0 Å². The number of esters is 3. The van der Waals surface area contributed by atoms with E-state index in [0.29, 0.717) is 31.8 Å². The van der Waals surface area contributed by atoms with Gasteiger partial charge < -0.3 is 14.2 Å². The molecule has 0 spiro atoms. The van der Waals surface area contributed by atoms with E-state index in [-0.39, 0.29) is 64.6 Å². The van der Waals surface area contributed by atoms with E-state index in [0.717, 1.165) is 25.7 Å². The van der Waals surface area contributed by atoms with Crippen LogP contribution in [0.25, 0.3) is 0 Å². The molecule has 0 aromatic carbocycles. The molecule has 4 rings (SSSR count). The quantitative estimate of drug-likeness (QED) is 0.395. The van der Waals surface area contributed by atoms with Gasteiger partial charge in [-0.3, -0.25) is 14.4 Å². The summed E-state index contributed by atoms with van der Waals surface area (Å²) in [5, 5.41) is 0. The Labute approximate surface area is 204 Å². The molecule has 34 heavy (non-hydrogen) atoms. The van der Waals surface area contributed by atoms with Crippen molar-refractivity contribution in [2.24, 2.45) is 45.8 Å². The molecule has 3 saturated carbocycles. The van der Waals surface area contributed by atoms with E-state index >= 15 is 0 Å². The van der Waals surface area contributed by atoms with Crippen LogP contribution < -0.4 is 0 Å². The molecular weight excluding hydrogens is 432 g/mol. The summed E-state index contributed by atoms with van der Waals surface area (Å²) in [6.45, 7) is 15.5. The fourth-order valence-corrected chi connectivity index (χ4v) is 8.70. The summed E-state index contributed by atoms with van der Waals surface area (Å²) in [7, 11) is 0. The van der Waals surface area contributed by atoms with Crippen LogP contribution in [0.5, 0.6) is 0 Å². The van der Waals surface area contributed by atoms with Crippen molar-refractivity contribution in [3.8, 4) is 0 Å². The van der Waals surface area contributed by atoms with Crippen LogP contribution in [0.3, 0.4) is 0 Å². The summed E-state index contributed by atoms with van der Waals surface area (Å²) in [4.78, 5) is 38.4. The van der Waals surface area contributed by atoms with Gasteiger partial charge in [0.25, 0.3) is 0 Å². The van der Waals surface area contributed by atoms with Crippen molar-refractivity contribution in [2.45, 2.75) is 106 Å². The van der Waals surface area contributed by atoms with E-state index in [2.05, 4.69) is 27.7 Å². The van der Waals surface area contributed by atoms with E-state index in [1.807, 2.05) is 20.8 Å². The minimum Gasteiger partial charge on any atom is -0.465 e. The lowest BCUT2D eigenvalue weighted by Crippen LogP contribution is -2.69. The summed E-state index contributed by atoms with van der Waals surface area (Å²) in [6, 6.07) is 0. The third-order valence-corrected chi connectivity index (χ3v) is 10.1. The molecule has 192 valence electrons. The van der Waals surface area contributed by atoms with Gasteiger partial charge >= 0.3 is 17.9 Å². The van der Waals surface area contributed by atoms with Gasteiger partial charge in [-0.15, -0.1) is 0 Å². The molecule has 6 nitrogen and oxygen atoms in total. The molecule has 0 aromatic heterocycles. The first-order chi connectivity index (χ1) is 15.8. The van der Waals surface area contributed by atoms with Gasteiger partial charge in [-0.1, -0.05) is 54.9 Å². The van der Waals surface area contributed by atoms with Crippen molar-refractivity contribution < 1.29 is 28.6 Å². The lowest BCUT2D eigenvalue weighted by molar-refractivity contribution is -0.260. The van der Waals surface area contributed by atoms with Crippen LogP contribution in [0.1, 0.15) is 93.4 Å². The second-order valence-electron chi connectivity index (χ2n) is 13.0. The number of rotatable bonds is 5. The molecule has 1 saturated heterocycles. The molecule has 3 aliphatic carbocycles. The third-order valence-electron chi connectivity index (χ3n) is 10.1. The Balaban J connectivity index is 1.83. The van der Waals surface area contributed by atoms with E-state index in [9.17, 15) is 14.4 Å². The molecular formula is C28H44O6. The summed E-state index contributed by atoms with van der Waals surface area (Å²) < 4.78 is 18.1. The lowest BCUT2D eigenvalue weighted by Gasteiger charge is -2.68. The first kappa shape index (κ1) is 25.5. The van der Waals surface area contributed by atoms with Crippen LogP contribution in [0, 0.1) is 45.8 Å². The molecule has 0 radical (unpaired) electrons. The Bertz CT molecular complexity index is 833. The smallest absolute Gasteiger partial charge is 0.309 e. The molecule has 0 aromatic rings. The van der Waals surface area contributed by atoms with Gasteiger partial charge in [0.05, 0.1) is 12.5 Å². The van der Waals surface area contributed by atoms with Crippen LogP contribution in [-0.2, 0) is 28.6 Å². The zero-order valence-corrected chi connectivity index (χ0v) is 22.1. The van der Waals surface area contributed by atoms with E-state index < -0.39 is 5.41 Å². The van der Waals surface area contributed by atoms with Crippen LogP contribution in [0.4, 0.5) is 0 Å². The first-order valence-corrected chi connectivity index (χ1v) is 13.4. The fraction of sp³-hybridized carbons (Fsp3) is 0.893. The van der Waals surface area contributed by atoms with Crippen molar-refractivity contribution in [1.29, 1.82) is 0 Å². The summed E-state index contributed by atoms with van der Waals surface area (Å²) in [5.74, 6) is -0.420. The van der Waals surface area contributed by atoms with Crippen LogP contribution in [0.2, 0.25) is 0 Å². The second-order valence-corrected chi connectivity index (χ2v) is 13.0. The largest absolute Gasteiger partial charge is 0.465 e. The highest BCUT2D eigenvalue weighted by Crippen LogP contribution is 2.70.